The van der Waals surface area contributed by atoms with E-state index in [1.54, 1.807) is 16.5 Å². The molecule has 0 aliphatic heterocycles. The second-order valence-corrected chi connectivity index (χ2v) is 4.92. The fraction of sp³-hybridized carbons (Fsp3) is 0.125. The predicted molar refractivity (Wildman–Crippen MR) is 76.7 cm³/mol. The van der Waals surface area contributed by atoms with Crippen molar-refractivity contribution in [1.82, 2.24) is 9.38 Å². The Labute approximate surface area is 120 Å². The van der Waals surface area contributed by atoms with Gasteiger partial charge < -0.3 is 9.51 Å². The van der Waals surface area contributed by atoms with Crippen LogP contribution in [0.4, 0.5) is 4.39 Å². The zero-order chi connectivity index (χ0) is 15.0. The Balaban J connectivity index is 2.24. The molecule has 2 heterocycles. The second-order valence-electron chi connectivity index (χ2n) is 4.92. The maximum absolute atomic E-state index is 13.1. The van der Waals surface area contributed by atoms with Crippen molar-refractivity contribution in [2.45, 2.75) is 13.3 Å². The van der Waals surface area contributed by atoms with E-state index in [9.17, 15) is 9.18 Å². The number of halogens is 1. The van der Waals surface area contributed by atoms with Crippen molar-refractivity contribution in [2.24, 2.45) is 0 Å². The zero-order valence-corrected chi connectivity index (χ0v) is 11.4. The average molecular weight is 284 g/mol. The van der Waals surface area contributed by atoms with Crippen LogP contribution in [0.15, 0.2) is 42.6 Å². The molecule has 0 radical (unpaired) electrons. The van der Waals surface area contributed by atoms with Gasteiger partial charge in [-0.05, 0) is 48.9 Å². The lowest BCUT2D eigenvalue weighted by Gasteiger charge is -2.03. The van der Waals surface area contributed by atoms with Crippen LogP contribution >= 0.6 is 0 Å². The number of aromatic nitrogens is 2. The molecule has 21 heavy (non-hydrogen) atoms. The van der Waals surface area contributed by atoms with E-state index in [1.807, 2.05) is 25.3 Å². The van der Waals surface area contributed by atoms with Gasteiger partial charge in [-0.2, -0.15) is 0 Å². The standard InChI is InChI=1S/C16H13FN2O2/c1-10-6-7-19-13(9-15(20)21)16(18-14(19)8-10)11-2-4-12(17)5-3-11/h2-8H,9H2,1H3,(H,20,21). The van der Waals surface area contributed by atoms with Gasteiger partial charge in [0.25, 0.3) is 0 Å². The number of nitrogens with zero attached hydrogens (tertiary/aromatic N) is 2. The summed E-state index contributed by atoms with van der Waals surface area (Å²) in [5, 5.41) is 9.11. The molecule has 0 bridgehead atoms. The van der Waals surface area contributed by atoms with E-state index < -0.39 is 5.97 Å². The van der Waals surface area contributed by atoms with Crippen molar-refractivity contribution in [3.63, 3.8) is 0 Å². The lowest BCUT2D eigenvalue weighted by Crippen LogP contribution is -2.04. The molecule has 4 nitrogen and oxygen atoms in total. The van der Waals surface area contributed by atoms with E-state index in [2.05, 4.69) is 4.98 Å². The van der Waals surface area contributed by atoms with Crippen LogP contribution in [0.3, 0.4) is 0 Å². The average Bonchev–Trinajstić information content (AvgIpc) is 2.77. The Kier molecular flexibility index (Phi) is 3.17. The van der Waals surface area contributed by atoms with Gasteiger partial charge in [-0.3, -0.25) is 4.79 Å². The molecule has 0 unspecified atom stereocenters. The molecule has 0 saturated heterocycles. The SMILES string of the molecule is Cc1ccn2c(CC(=O)O)c(-c3ccc(F)cc3)nc2c1. The molecule has 0 amide bonds. The summed E-state index contributed by atoms with van der Waals surface area (Å²) in [5.41, 5.74) is 3.59. The monoisotopic (exact) mass is 284 g/mol. The number of fused-ring (bicyclic) bond motifs is 1. The third-order valence-electron chi connectivity index (χ3n) is 3.32. The number of pyridine rings is 1. The summed E-state index contributed by atoms with van der Waals surface area (Å²) in [5.74, 6) is -1.26. The van der Waals surface area contributed by atoms with Gasteiger partial charge >= 0.3 is 5.97 Å². The smallest absolute Gasteiger partial charge is 0.309 e. The fourth-order valence-corrected chi connectivity index (χ4v) is 2.35. The van der Waals surface area contributed by atoms with E-state index in [4.69, 9.17) is 5.11 Å². The first-order valence-electron chi connectivity index (χ1n) is 6.50. The predicted octanol–water partition coefficient (Wildman–Crippen LogP) is 3.08. The Morgan fingerprint density at radius 1 is 1.29 bits per heavy atom. The van der Waals surface area contributed by atoms with Crippen LogP contribution in [-0.2, 0) is 11.2 Å². The summed E-state index contributed by atoms with van der Waals surface area (Å²) in [6.45, 7) is 1.95. The molecule has 3 aromatic rings. The Hall–Kier alpha value is -2.69. The van der Waals surface area contributed by atoms with Crippen molar-refractivity contribution >= 4 is 11.6 Å². The fourth-order valence-electron chi connectivity index (χ4n) is 2.35. The van der Waals surface area contributed by atoms with Crippen LogP contribution in [0, 0.1) is 12.7 Å². The number of carbonyl (C=O) groups is 1. The zero-order valence-electron chi connectivity index (χ0n) is 11.4. The molecule has 5 heteroatoms. The van der Waals surface area contributed by atoms with Gasteiger partial charge in [-0.15, -0.1) is 0 Å². The molecular weight excluding hydrogens is 271 g/mol. The summed E-state index contributed by atoms with van der Waals surface area (Å²) in [7, 11) is 0. The number of carboxylic acid groups (broad SMARTS) is 1. The third-order valence-corrected chi connectivity index (χ3v) is 3.32. The van der Waals surface area contributed by atoms with Crippen molar-refractivity contribution in [2.75, 3.05) is 0 Å². The summed E-state index contributed by atoms with van der Waals surface area (Å²) >= 11 is 0. The minimum Gasteiger partial charge on any atom is -0.481 e. The van der Waals surface area contributed by atoms with E-state index >= 15 is 0 Å². The highest BCUT2D eigenvalue weighted by Crippen LogP contribution is 2.25. The summed E-state index contributed by atoms with van der Waals surface area (Å²) in [6.07, 6.45) is 1.67. The van der Waals surface area contributed by atoms with Gasteiger partial charge in [0.05, 0.1) is 17.8 Å². The number of rotatable bonds is 3. The van der Waals surface area contributed by atoms with Crippen LogP contribution in [0.2, 0.25) is 0 Å². The normalized spacial score (nSPS) is 11.0. The van der Waals surface area contributed by atoms with Crippen LogP contribution in [-0.4, -0.2) is 20.5 Å². The largest absolute Gasteiger partial charge is 0.481 e. The topological polar surface area (TPSA) is 54.6 Å². The molecule has 0 spiro atoms. The van der Waals surface area contributed by atoms with Crippen molar-refractivity contribution < 1.29 is 14.3 Å². The highest BCUT2D eigenvalue weighted by molar-refractivity contribution is 5.76. The lowest BCUT2D eigenvalue weighted by atomic mass is 10.1. The number of aryl methyl sites for hydroxylation is 1. The third kappa shape index (κ3) is 2.50. The number of benzene rings is 1. The highest BCUT2D eigenvalue weighted by Gasteiger charge is 2.16. The minimum absolute atomic E-state index is 0.142. The number of aliphatic carboxylic acids is 1. The van der Waals surface area contributed by atoms with Crippen LogP contribution < -0.4 is 0 Å². The van der Waals surface area contributed by atoms with E-state index in [1.165, 1.54) is 12.1 Å². The Bertz CT molecular complexity index is 822. The van der Waals surface area contributed by atoms with Crippen molar-refractivity contribution in [1.29, 1.82) is 0 Å². The van der Waals surface area contributed by atoms with E-state index in [0.717, 1.165) is 5.56 Å². The molecule has 0 aliphatic carbocycles. The minimum atomic E-state index is -0.930. The number of hydrogen-bond acceptors (Lipinski definition) is 2. The van der Waals surface area contributed by atoms with Crippen molar-refractivity contribution in [3.05, 3.63) is 59.7 Å². The van der Waals surface area contributed by atoms with E-state index in [-0.39, 0.29) is 12.2 Å². The van der Waals surface area contributed by atoms with Crippen LogP contribution in [0.5, 0.6) is 0 Å². The molecular formula is C16H13FN2O2. The molecule has 3 rings (SSSR count). The second kappa shape index (κ2) is 5.01. The molecule has 106 valence electrons. The van der Waals surface area contributed by atoms with Gasteiger partial charge in [0, 0.05) is 11.8 Å². The van der Waals surface area contributed by atoms with E-state index in [0.29, 0.717) is 22.6 Å². The molecule has 1 aromatic carbocycles. The maximum Gasteiger partial charge on any atom is 0.309 e. The first kappa shape index (κ1) is 13.3. The Morgan fingerprint density at radius 2 is 2.00 bits per heavy atom. The highest BCUT2D eigenvalue weighted by atomic mass is 19.1. The molecule has 0 saturated carbocycles. The van der Waals surface area contributed by atoms with Crippen LogP contribution in [0.1, 0.15) is 11.3 Å². The quantitative estimate of drug-likeness (QED) is 0.804. The molecule has 1 N–H and O–H groups in total. The van der Waals surface area contributed by atoms with Gasteiger partial charge in [0.15, 0.2) is 0 Å². The van der Waals surface area contributed by atoms with Crippen LogP contribution in [0.25, 0.3) is 16.9 Å². The molecule has 0 fully saturated rings. The van der Waals surface area contributed by atoms with Gasteiger partial charge in [-0.1, -0.05) is 0 Å². The Morgan fingerprint density at radius 3 is 2.67 bits per heavy atom. The van der Waals surface area contributed by atoms with Gasteiger partial charge in [0.1, 0.15) is 11.5 Å². The summed E-state index contributed by atoms with van der Waals surface area (Å²) < 4.78 is 14.8. The molecule has 0 atom stereocenters. The maximum atomic E-state index is 13.1. The molecule has 2 aromatic heterocycles. The number of carboxylic acids is 1. The van der Waals surface area contributed by atoms with Crippen molar-refractivity contribution in [3.8, 4) is 11.3 Å². The number of imidazole rings is 1. The first-order chi connectivity index (χ1) is 10.0. The first-order valence-corrected chi connectivity index (χ1v) is 6.50. The molecule has 0 aliphatic rings. The number of hydrogen-bond donors (Lipinski definition) is 1. The van der Waals surface area contributed by atoms with Gasteiger partial charge in [0.2, 0.25) is 0 Å². The summed E-state index contributed by atoms with van der Waals surface area (Å²) in [6, 6.07) is 9.68. The lowest BCUT2D eigenvalue weighted by molar-refractivity contribution is -0.136. The van der Waals surface area contributed by atoms with Gasteiger partial charge in [-0.25, -0.2) is 9.37 Å². The summed E-state index contributed by atoms with van der Waals surface area (Å²) in [4.78, 5) is 15.6.